The summed E-state index contributed by atoms with van der Waals surface area (Å²) in [6.07, 6.45) is 0.271. The van der Waals surface area contributed by atoms with E-state index in [1.807, 2.05) is 0 Å². The highest BCUT2D eigenvalue weighted by molar-refractivity contribution is 6.36. The highest BCUT2D eigenvalue weighted by atomic mass is 35.5. The Morgan fingerprint density at radius 2 is 1.90 bits per heavy atom. The Morgan fingerprint density at radius 3 is 2.43 bits per heavy atom. The molecule has 114 valence electrons. The van der Waals surface area contributed by atoms with Crippen molar-refractivity contribution in [3.63, 3.8) is 0 Å². The van der Waals surface area contributed by atoms with Gasteiger partial charge in [-0.1, -0.05) is 23.2 Å². The number of esters is 1. The van der Waals surface area contributed by atoms with Gasteiger partial charge in [-0.3, -0.25) is 4.79 Å². The number of hydrogen-bond acceptors (Lipinski definition) is 4. The Labute approximate surface area is 132 Å². The van der Waals surface area contributed by atoms with Crippen molar-refractivity contribution in [3.05, 3.63) is 33.8 Å². The number of benzene rings is 1. The van der Waals surface area contributed by atoms with Gasteiger partial charge in [-0.15, -0.1) is 0 Å². The number of amides is 1. The van der Waals surface area contributed by atoms with Crippen molar-refractivity contribution in [1.82, 2.24) is 4.90 Å². The molecule has 1 N–H and O–H groups in total. The van der Waals surface area contributed by atoms with Crippen molar-refractivity contribution < 1.29 is 19.4 Å². The van der Waals surface area contributed by atoms with Crippen LogP contribution in [0.2, 0.25) is 10.0 Å². The zero-order chi connectivity index (χ0) is 15.6. The van der Waals surface area contributed by atoms with E-state index in [2.05, 4.69) is 4.74 Å². The van der Waals surface area contributed by atoms with E-state index in [4.69, 9.17) is 23.2 Å². The molecule has 0 radical (unpaired) electrons. The summed E-state index contributed by atoms with van der Waals surface area (Å²) < 4.78 is 4.58. The van der Waals surface area contributed by atoms with Crippen molar-refractivity contribution in [3.8, 4) is 0 Å². The molecule has 21 heavy (non-hydrogen) atoms. The quantitative estimate of drug-likeness (QED) is 0.843. The second-order valence-corrected chi connectivity index (χ2v) is 5.78. The zero-order valence-electron chi connectivity index (χ0n) is 11.4. The number of rotatable bonds is 2. The molecule has 1 aromatic rings. The monoisotopic (exact) mass is 331 g/mol. The Morgan fingerprint density at radius 1 is 1.29 bits per heavy atom. The molecule has 7 heteroatoms. The lowest BCUT2D eigenvalue weighted by atomic mass is 9.91. The standard InChI is InChI=1S/C14H15Cl2NO4/c1-21-13(19)14(20)4-6-17(7-5-14)12(18)10-3-2-9(15)8-11(10)16/h2-3,8,20H,4-7H2,1H3. The van der Waals surface area contributed by atoms with E-state index in [9.17, 15) is 14.7 Å². The Bertz CT molecular complexity index is 568. The van der Waals surface area contributed by atoms with E-state index in [1.165, 1.54) is 13.2 Å². The molecule has 0 spiro atoms. The summed E-state index contributed by atoms with van der Waals surface area (Å²) in [4.78, 5) is 25.4. The Balaban J connectivity index is 2.08. The van der Waals surface area contributed by atoms with Crippen LogP contribution in [0, 0.1) is 0 Å². The summed E-state index contributed by atoms with van der Waals surface area (Å²) in [7, 11) is 1.23. The molecule has 0 unspecified atom stereocenters. The minimum Gasteiger partial charge on any atom is -0.467 e. The maximum absolute atomic E-state index is 12.4. The number of nitrogens with zero attached hydrogens (tertiary/aromatic N) is 1. The minimum absolute atomic E-state index is 0.136. The van der Waals surface area contributed by atoms with Gasteiger partial charge in [0.05, 0.1) is 17.7 Å². The molecule has 0 atom stereocenters. The van der Waals surface area contributed by atoms with Gasteiger partial charge in [0.25, 0.3) is 5.91 Å². The summed E-state index contributed by atoms with van der Waals surface area (Å²) in [5.74, 6) is -0.914. The average molecular weight is 332 g/mol. The molecule has 1 fully saturated rings. The number of carbonyl (C=O) groups is 2. The lowest BCUT2D eigenvalue weighted by Crippen LogP contribution is -2.51. The Kier molecular flexibility index (Phi) is 4.76. The lowest BCUT2D eigenvalue weighted by Gasteiger charge is -2.36. The number of carbonyl (C=O) groups excluding carboxylic acids is 2. The number of halogens is 2. The van der Waals surface area contributed by atoms with Crippen LogP contribution in [0.1, 0.15) is 23.2 Å². The third-order valence-electron chi connectivity index (χ3n) is 3.60. The fraction of sp³-hybridized carbons (Fsp3) is 0.429. The maximum atomic E-state index is 12.4. The molecule has 0 saturated carbocycles. The molecular formula is C14H15Cl2NO4. The van der Waals surface area contributed by atoms with Gasteiger partial charge < -0.3 is 14.7 Å². The first-order chi connectivity index (χ1) is 9.87. The van der Waals surface area contributed by atoms with E-state index in [-0.39, 0.29) is 36.9 Å². The van der Waals surface area contributed by atoms with E-state index in [1.54, 1.807) is 17.0 Å². The fourth-order valence-electron chi connectivity index (χ4n) is 2.31. The highest BCUT2D eigenvalue weighted by Crippen LogP contribution is 2.27. The van der Waals surface area contributed by atoms with E-state index >= 15 is 0 Å². The lowest BCUT2D eigenvalue weighted by molar-refractivity contribution is -0.166. The highest BCUT2D eigenvalue weighted by Gasteiger charge is 2.41. The van der Waals surface area contributed by atoms with E-state index in [0.717, 1.165) is 0 Å². The first kappa shape index (κ1) is 16.1. The molecule has 1 amide bonds. The van der Waals surface area contributed by atoms with Crippen LogP contribution in [0.15, 0.2) is 18.2 Å². The average Bonchev–Trinajstić information content (AvgIpc) is 2.46. The predicted octanol–water partition coefficient (Wildman–Crippen LogP) is 2.13. The van der Waals surface area contributed by atoms with Gasteiger partial charge in [0, 0.05) is 31.0 Å². The maximum Gasteiger partial charge on any atom is 0.337 e. The summed E-state index contributed by atoms with van der Waals surface area (Å²) in [5.41, 5.74) is -1.17. The van der Waals surface area contributed by atoms with Crippen LogP contribution in [0.4, 0.5) is 0 Å². The van der Waals surface area contributed by atoms with Gasteiger partial charge in [0.1, 0.15) is 0 Å². The number of aliphatic hydroxyl groups is 1. The van der Waals surface area contributed by atoms with Crippen LogP contribution < -0.4 is 0 Å². The molecular weight excluding hydrogens is 317 g/mol. The molecule has 1 aliphatic heterocycles. The smallest absolute Gasteiger partial charge is 0.337 e. The van der Waals surface area contributed by atoms with Crippen molar-refractivity contribution in [2.45, 2.75) is 18.4 Å². The number of hydrogen-bond donors (Lipinski definition) is 1. The van der Waals surface area contributed by atoms with Crippen LogP contribution in [0.5, 0.6) is 0 Å². The molecule has 0 aliphatic carbocycles. The molecule has 0 bridgehead atoms. The summed E-state index contributed by atoms with van der Waals surface area (Å²) in [6, 6.07) is 4.66. The molecule has 1 aromatic carbocycles. The van der Waals surface area contributed by atoms with Crippen LogP contribution in [0.25, 0.3) is 0 Å². The van der Waals surface area contributed by atoms with Crippen molar-refractivity contribution in [1.29, 1.82) is 0 Å². The SMILES string of the molecule is COC(=O)C1(O)CCN(C(=O)c2ccc(Cl)cc2Cl)CC1. The third kappa shape index (κ3) is 3.31. The van der Waals surface area contributed by atoms with Gasteiger partial charge in [-0.05, 0) is 18.2 Å². The second kappa shape index (κ2) is 6.22. The van der Waals surface area contributed by atoms with Crippen LogP contribution in [-0.2, 0) is 9.53 Å². The van der Waals surface area contributed by atoms with Crippen molar-refractivity contribution in [2.24, 2.45) is 0 Å². The van der Waals surface area contributed by atoms with Crippen LogP contribution in [-0.4, -0.2) is 47.7 Å². The van der Waals surface area contributed by atoms with E-state index in [0.29, 0.717) is 10.6 Å². The largest absolute Gasteiger partial charge is 0.467 e. The number of ether oxygens (including phenoxy) is 1. The molecule has 2 rings (SSSR count). The predicted molar refractivity (Wildman–Crippen MR) is 78.6 cm³/mol. The minimum atomic E-state index is -1.52. The summed E-state index contributed by atoms with van der Waals surface area (Å²) in [5, 5.41) is 10.9. The number of methoxy groups -OCH3 is 1. The third-order valence-corrected chi connectivity index (χ3v) is 4.15. The number of piperidine rings is 1. The van der Waals surface area contributed by atoms with Crippen LogP contribution in [0.3, 0.4) is 0 Å². The van der Waals surface area contributed by atoms with Gasteiger partial charge >= 0.3 is 5.97 Å². The second-order valence-electron chi connectivity index (χ2n) is 4.94. The van der Waals surface area contributed by atoms with Gasteiger partial charge in [-0.2, -0.15) is 0 Å². The molecule has 5 nitrogen and oxygen atoms in total. The van der Waals surface area contributed by atoms with Crippen LogP contribution >= 0.6 is 23.2 Å². The summed E-state index contributed by atoms with van der Waals surface area (Å²) >= 11 is 11.8. The molecule has 0 aromatic heterocycles. The van der Waals surface area contributed by atoms with Gasteiger partial charge in [-0.25, -0.2) is 4.79 Å². The first-order valence-corrected chi connectivity index (χ1v) is 7.18. The molecule has 1 saturated heterocycles. The molecule has 1 heterocycles. The number of likely N-dealkylation sites (tertiary alicyclic amines) is 1. The Hall–Kier alpha value is -1.30. The summed E-state index contributed by atoms with van der Waals surface area (Å²) in [6.45, 7) is 0.507. The van der Waals surface area contributed by atoms with Crippen molar-refractivity contribution in [2.75, 3.05) is 20.2 Å². The van der Waals surface area contributed by atoms with Crippen molar-refractivity contribution >= 4 is 35.1 Å². The topological polar surface area (TPSA) is 66.8 Å². The molecule has 1 aliphatic rings. The van der Waals surface area contributed by atoms with Gasteiger partial charge in [0.15, 0.2) is 5.60 Å². The zero-order valence-corrected chi connectivity index (χ0v) is 12.9. The fourth-order valence-corrected chi connectivity index (χ4v) is 2.80. The van der Waals surface area contributed by atoms with Gasteiger partial charge in [0.2, 0.25) is 0 Å². The normalized spacial score (nSPS) is 17.4. The van der Waals surface area contributed by atoms with E-state index < -0.39 is 11.6 Å². The first-order valence-electron chi connectivity index (χ1n) is 6.42.